The summed E-state index contributed by atoms with van der Waals surface area (Å²) < 4.78 is 18.5. The maximum Gasteiger partial charge on any atom is 0.257 e. The van der Waals surface area contributed by atoms with Crippen molar-refractivity contribution in [3.8, 4) is 17.0 Å². The molecule has 0 aliphatic carbocycles. The van der Waals surface area contributed by atoms with Gasteiger partial charge in [0, 0.05) is 16.0 Å². The number of amides is 1. The zero-order valence-corrected chi connectivity index (χ0v) is 14.9. The summed E-state index contributed by atoms with van der Waals surface area (Å²) in [5, 5.41) is 3.29. The first kappa shape index (κ1) is 17.1. The first-order valence-electron chi connectivity index (χ1n) is 7.67. The van der Waals surface area contributed by atoms with Crippen LogP contribution in [-0.2, 0) is 0 Å². The largest absolute Gasteiger partial charge is 0.497 e. The number of thiazole rings is 1. The number of hydrogen-bond donors (Lipinski definition) is 1. The molecule has 0 saturated carbocycles. The zero-order chi connectivity index (χ0) is 18.0. The van der Waals surface area contributed by atoms with Crippen molar-refractivity contribution in [1.29, 1.82) is 0 Å². The minimum Gasteiger partial charge on any atom is -0.497 e. The normalized spacial score (nSPS) is 10.6. The lowest BCUT2D eigenvalue weighted by Crippen LogP contribution is -2.12. The van der Waals surface area contributed by atoms with Crippen molar-refractivity contribution in [3.63, 3.8) is 0 Å². The molecule has 0 radical (unpaired) electrons. The second-order valence-electron chi connectivity index (χ2n) is 5.57. The molecule has 25 heavy (non-hydrogen) atoms. The number of methoxy groups -OCH3 is 1. The van der Waals surface area contributed by atoms with Crippen molar-refractivity contribution in [2.75, 3.05) is 12.4 Å². The number of benzene rings is 2. The standard InChI is InChI=1S/C19H17FN2O2S/c1-11-10-14(6-9-16(11)20)18(23)22-19-21-17(12(2)25-19)13-4-7-15(24-3)8-5-13/h4-10H,1-3H3,(H,21,22,23). The van der Waals surface area contributed by atoms with Crippen molar-refractivity contribution >= 4 is 22.4 Å². The van der Waals surface area contributed by atoms with Gasteiger partial charge in [-0.2, -0.15) is 0 Å². The number of anilines is 1. The molecule has 6 heteroatoms. The van der Waals surface area contributed by atoms with Gasteiger partial charge >= 0.3 is 0 Å². The Morgan fingerprint density at radius 2 is 1.88 bits per heavy atom. The lowest BCUT2D eigenvalue weighted by Gasteiger charge is -2.03. The molecular weight excluding hydrogens is 339 g/mol. The van der Waals surface area contributed by atoms with Crippen LogP contribution in [-0.4, -0.2) is 18.0 Å². The predicted molar refractivity (Wildman–Crippen MR) is 97.9 cm³/mol. The van der Waals surface area contributed by atoms with Crippen LogP contribution in [0.3, 0.4) is 0 Å². The fourth-order valence-electron chi connectivity index (χ4n) is 2.42. The molecule has 1 N–H and O–H groups in total. The quantitative estimate of drug-likeness (QED) is 0.729. The summed E-state index contributed by atoms with van der Waals surface area (Å²) in [5.41, 5.74) is 2.60. The van der Waals surface area contributed by atoms with Crippen LogP contribution >= 0.6 is 11.3 Å². The summed E-state index contributed by atoms with van der Waals surface area (Å²) in [6.45, 7) is 3.58. The molecule has 0 unspecified atom stereocenters. The van der Waals surface area contributed by atoms with E-state index in [1.54, 1.807) is 14.0 Å². The van der Waals surface area contributed by atoms with Gasteiger partial charge in [-0.3, -0.25) is 10.1 Å². The number of halogens is 1. The van der Waals surface area contributed by atoms with E-state index in [-0.39, 0.29) is 11.7 Å². The van der Waals surface area contributed by atoms with E-state index in [2.05, 4.69) is 10.3 Å². The summed E-state index contributed by atoms with van der Waals surface area (Å²) in [5.74, 6) is 0.137. The molecule has 0 saturated heterocycles. The van der Waals surface area contributed by atoms with E-state index in [1.807, 2.05) is 31.2 Å². The summed E-state index contributed by atoms with van der Waals surface area (Å²) in [6.07, 6.45) is 0. The average Bonchev–Trinajstić information content (AvgIpc) is 2.97. The molecule has 0 atom stereocenters. The lowest BCUT2D eigenvalue weighted by molar-refractivity contribution is 0.102. The Labute approximate surface area is 149 Å². The van der Waals surface area contributed by atoms with Gasteiger partial charge in [0.15, 0.2) is 5.13 Å². The van der Waals surface area contributed by atoms with E-state index in [9.17, 15) is 9.18 Å². The van der Waals surface area contributed by atoms with Crippen molar-refractivity contribution in [3.05, 3.63) is 64.3 Å². The smallest absolute Gasteiger partial charge is 0.257 e. The van der Waals surface area contributed by atoms with Crippen LogP contribution in [0, 0.1) is 19.7 Å². The summed E-state index contributed by atoms with van der Waals surface area (Å²) in [7, 11) is 1.62. The van der Waals surface area contributed by atoms with Crippen LogP contribution in [0.2, 0.25) is 0 Å². The van der Waals surface area contributed by atoms with Gasteiger partial charge in [0.1, 0.15) is 11.6 Å². The molecule has 0 aliphatic rings. The first-order chi connectivity index (χ1) is 12.0. The summed E-state index contributed by atoms with van der Waals surface area (Å²) in [4.78, 5) is 17.8. The molecule has 2 aromatic carbocycles. The molecular formula is C19H17FN2O2S. The third-order valence-electron chi connectivity index (χ3n) is 3.80. The molecule has 4 nitrogen and oxygen atoms in total. The number of hydrogen-bond acceptors (Lipinski definition) is 4. The van der Waals surface area contributed by atoms with E-state index >= 15 is 0 Å². The van der Waals surface area contributed by atoms with Crippen molar-refractivity contribution in [2.24, 2.45) is 0 Å². The number of nitrogens with zero attached hydrogens (tertiary/aromatic N) is 1. The Kier molecular flexibility index (Phi) is 4.81. The highest BCUT2D eigenvalue weighted by atomic mass is 32.1. The minimum absolute atomic E-state index is 0.307. The fourth-order valence-corrected chi connectivity index (χ4v) is 3.25. The number of rotatable bonds is 4. The maximum absolute atomic E-state index is 13.3. The number of carbonyl (C=O) groups is 1. The Hall–Kier alpha value is -2.73. The molecule has 0 fully saturated rings. The van der Waals surface area contributed by atoms with Gasteiger partial charge in [-0.05, 0) is 61.9 Å². The Morgan fingerprint density at radius 1 is 1.16 bits per heavy atom. The monoisotopic (exact) mass is 356 g/mol. The highest BCUT2D eigenvalue weighted by molar-refractivity contribution is 7.16. The second kappa shape index (κ2) is 7.03. The van der Waals surface area contributed by atoms with Crippen molar-refractivity contribution < 1.29 is 13.9 Å². The Morgan fingerprint density at radius 3 is 2.52 bits per heavy atom. The van der Waals surface area contributed by atoms with Crippen LogP contribution in [0.25, 0.3) is 11.3 Å². The minimum atomic E-state index is -0.330. The van der Waals surface area contributed by atoms with Gasteiger partial charge in [0.2, 0.25) is 0 Å². The molecule has 0 spiro atoms. The topological polar surface area (TPSA) is 51.2 Å². The molecule has 3 aromatic rings. The lowest BCUT2D eigenvalue weighted by atomic mass is 10.1. The molecule has 0 aliphatic heterocycles. The number of carbonyl (C=O) groups excluding carboxylic acids is 1. The van der Waals surface area contributed by atoms with E-state index in [1.165, 1.54) is 29.5 Å². The molecule has 128 valence electrons. The van der Waals surface area contributed by atoms with Gasteiger partial charge in [-0.15, -0.1) is 11.3 Å². The van der Waals surface area contributed by atoms with Crippen LogP contribution < -0.4 is 10.1 Å². The molecule has 1 heterocycles. The molecule has 3 rings (SSSR count). The van der Waals surface area contributed by atoms with E-state index in [0.29, 0.717) is 16.3 Å². The van der Waals surface area contributed by atoms with Gasteiger partial charge in [-0.25, -0.2) is 9.37 Å². The van der Waals surface area contributed by atoms with Gasteiger partial charge in [-0.1, -0.05) is 0 Å². The van der Waals surface area contributed by atoms with Crippen LogP contribution in [0.15, 0.2) is 42.5 Å². The van der Waals surface area contributed by atoms with Gasteiger partial charge < -0.3 is 4.74 Å². The zero-order valence-electron chi connectivity index (χ0n) is 14.1. The third kappa shape index (κ3) is 3.69. The van der Waals surface area contributed by atoms with E-state index in [4.69, 9.17) is 4.74 Å². The molecule has 0 bridgehead atoms. The molecule has 1 amide bonds. The first-order valence-corrected chi connectivity index (χ1v) is 8.49. The summed E-state index contributed by atoms with van der Waals surface area (Å²) in [6, 6.07) is 11.9. The average molecular weight is 356 g/mol. The number of nitrogens with one attached hydrogen (secondary N) is 1. The van der Waals surface area contributed by atoms with Crippen molar-refractivity contribution in [2.45, 2.75) is 13.8 Å². The summed E-state index contributed by atoms with van der Waals surface area (Å²) >= 11 is 1.40. The second-order valence-corrected chi connectivity index (χ2v) is 6.77. The Balaban J connectivity index is 1.81. The van der Waals surface area contributed by atoms with Crippen molar-refractivity contribution in [1.82, 2.24) is 4.98 Å². The number of aromatic nitrogens is 1. The van der Waals surface area contributed by atoms with E-state index in [0.717, 1.165) is 21.9 Å². The third-order valence-corrected chi connectivity index (χ3v) is 4.69. The van der Waals surface area contributed by atoms with Gasteiger partial charge in [0.25, 0.3) is 5.91 Å². The predicted octanol–water partition coefficient (Wildman–Crippen LogP) is 4.83. The number of aryl methyl sites for hydroxylation is 2. The Bertz CT molecular complexity index is 920. The highest BCUT2D eigenvalue weighted by Crippen LogP contribution is 2.31. The van der Waals surface area contributed by atoms with Gasteiger partial charge in [0.05, 0.1) is 12.8 Å². The fraction of sp³-hybridized carbons (Fsp3) is 0.158. The molecule has 1 aromatic heterocycles. The van der Waals surface area contributed by atoms with E-state index < -0.39 is 0 Å². The number of ether oxygens (including phenoxy) is 1. The van der Waals surface area contributed by atoms with Crippen LogP contribution in [0.5, 0.6) is 5.75 Å². The SMILES string of the molecule is COc1ccc(-c2nc(NC(=O)c3ccc(F)c(C)c3)sc2C)cc1. The highest BCUT2D eigenvalue weighted by Gasteiger charge is 2.14. The van der Waals surface area contributed by atoms with Crippen LogP contribution in [0.1, 0.15) is 20.8 Å². The van der Waals surface area contributed by atoms with Crippen LogP contribution in [0.4, 0.5) is 9.52 Å². The maximum atomic E-state index is 13.3.